The Bertz CT molecular complexity index is 755. The van der Waals surface area contributed by atoms with Gasteiger partial charge in [-0.25, -0.2) is 0 Å². The van der Waals surface area contributed by atoms with Crippen LogP contribution in [0, 0.1) is 6.92 Å². The Morgan fingerprint density at radius 2 is 1.92 bits per heavy atom. The number of rotatable bonds is 7. The maximum atomic E-state index is 12.0. The molecule has 0 aliphatic rings. The lowest BCUT2D eigenvalue weighted by molar-refractivity contribution is -0.122. The van der Waals surface area contributed by atoms with E-state index in [2.05, 4.69) is 0 Å². The normalized spacial score (nSPS) is 11.8. The van der Waals surface area contributed by atoms with Gasteiger partial charge in [-0.1, -0.05) is 29.8 Å². The summed E-state index contributed by atoms with van der Waals surface area (Å²) in [5.41, 5.74) is 2.63. The molecule has 0 spiro atoms. The third-order valence-corrected chi connectivity index (χ3v) is 4.35. The predicted molar refractivity (Wildman–Crippen MR) is 93.0 cm³/mol. The van der Waals surface area contributed by atoms with Crippen molar-refractivity contribution < 1.29 is 19.4 Å². The maximum Gasteiger partial charge on any atom is 0.160 e. The lowest BCUT2D eigenvalue weighted by Crippen LogP contribution is -2.09. The van der Waals surface area contributed by atoms with Crippen molar-refractivity contribution in [1.29, 1.82) is 0 Å². The van der Waals surface area contributed by atoms with Gasteiger partial charge in [0.05, 0.1) is 13.5 Å². The van der Waals surface area contributed by atoms with Gasteiger partial charge in [-0.2, -0.15) is 0 Å². The first-order chi connectivity index (χ1) is 11.5. The quantitative estimate of drug-likeness (QED) is 0.607. The monoisotopic (exact) mass is 346 g/mol. The van der Waals surface area contributed by atoms with Crippen molar-refractivity contribution in [2.75, 3.05) is 7.11 Å². The number of hydrogen-bond acceptors (Lipinski definition) is 4. The number of benzene rings is 2. The smallest absolute Gasteiger partial charge is 0.160 e. The number of carbonyl (C=O) groups excluding carboxylic acids is 2. The van der Waals surface area contributed by atoms with Crippen LogP contribution in [0.4, 0.5) is 0 Å². The van der Waals surface area contributed by atoms with Gasteiger partial charge >= 0.3 is 0 Å². The van der Waals surface area contributed by atoms with Crippen LogP contribution in [0.2, 0.25) is 5.02 Å². The summed E-state index contributed by atoms with van der Waals surface area (Å²) in [5, 5.41) is 10.4. The lowest BCUT2D eigenvalue weighted by atomic mass is 9.86. The van der Waals surface area contributed by atoms with E-state index in [4.69, 9.17) is 16.3 Å². The molecule has 2 aromatic carbocycles. The molecular formula is C19H19ClO4. The second-order valence-electron chi connectivity index (χ2n) is 5.61. The van der Waals surface area contributed by atoms with Crippen LogP contribution in [0.25, 0.3) is 0 Å². The number of aryl methyl sites for hydroxylation is 1. The van der Waals surface area contributed by atoms with Crippen LogP contribution in [0.1, 0.15) is 35.4 Å². The van der Waals surface area contributed by atoms with Crippen LogP contribution in [0.5, 0.6) is 11.5 Å². The third-order valence-electron chi connectivity index (χ3n) is 3.95. The minimum absolute atomic E-state index is 0.0288. The lowest BCUT2D eigenvalue weighted by Gasteiger charge is -2.19. The Hall–Kier alpha value is -2.33. The van der Waals surface area contributed by atoms with Crippen molar-refractivity contribution in [2.45, 2.75) is 25.7 Å². The van der Waals surface area contributed by atoms with Crippen molar-refractivity contribution in [1.82, 2.24) is 0 Å². The fourth-order valence-electron chi connectivity index (χ4n) is 2.57. The van der Waals surface area contributed by atoms with E-state index in [1.807, 2.05) is 25.1 Å². The van der Waals surface area contributed by atoms with Gasteiger partial charge in [0.2, 0.25) is 0 Å². The Morgan fingerprint density at radius 1 is 1.25 bits per heavy atom. The molecule has 126 valence electrons. The Labute approximate surface area is 146 Å². The summed E-state index contributed by atoms with van der Waals surface area (Å²) >= 11 is 6.22. The molecule has 0 fully saturated rings. The van der Waals surface area contributed by atoms with Gasteiger partial charge in [-0.15, -0.1) is 0 Å². The number of phenols is 1. The van der Waals surface area contributed by atoms with E-state index in [9.17, 15) is 14.7 Å². The number of phenolic OH excluding ortho intramolecular Hbond substituents is 1. The van der Waals surface area contributed by atoms with Crippen LogP contribution >= 0.6 is 11.6 Å². The topological polar surface area (TPSA) is 63.6 Å². The second-order valence-corrected chi connectivity index (χ2v) is 6.01. The van der Waals surface area contributed by atoms with Crippen molar-refractivity contribution in [3.05, 3.63) is 58.1 Å². The molecule has 1 unspecified atom stereocenters. The number of ketones is 1. The summed E-state index contributed by atoms with van der Waals surface area (Å²) in [7, 11) is 1.47. The molecule has 1 atom stereocenters. The molecule has 0 saturated heterocycles. The number of hydrogen-bond donors (Lipinski definition) is 1. The molecule has 0 amide bonds. The summed E-state index contributed by atoms with van der Waals surface area (Å²) in [4.78, 5) is 22.6. The molecule has 0 aliphatic carbocycles. The number of aromatic hydroxyl groups is 1. The van der Waals surface area contributed by atoms with E-state index < -0.39 is 0 Å². The molecule has 1 N–H and O–H groups in total. The first-order valence-corrected chi connectivity index (χ1v) is 7.92. The first-order valence-electron chi connectivity index (χ1n) is 7.54. The highest BCUT2D eigenvalue weighted by atomic mass is 35.5. The fourth-order valence-corrected chi connectivity index (χ4v) is 2.76. The molecule has 24 heavy (non-hydrogen) atoms. The molecule has 0 aliphatic heterocycles. The summed E-state index contributed by atoms with van der Waals surface area (Å²) in [6, 6.07) is 10.6. The summed E-state index contributed by atoms with van der Waals surface area (Å²) in [6.45, 7) is 1.91. The summed E-state index contributed by atoms with van der Waals surface area (Å²) < 4.78 is 5.15. The largest absolute Gasteiger partial charge is 0.504 e. The molecule has 2 rings (SSSR count). The average molecular weight is 347 g/mol. The van der Waals surface area contributed by atoms with Crippen molar-refractivity contribution in [3.8, 4) is 11.5 Å². The third kappa shape index (κ3) is 4.15. The molecule has 4 nitrogen and oxygen atoms in total. The van der Waals surface area contributed by atoms with Crippen LogP contribution in [0.15, 0.2) is 36.4 Å². The molecule has 0 radical (unpaired) electrons. The van der Waals surface area contributed by atoms with E-state index in [0.717, 1.165) is 16.7 Å². The molecule has 5 heteroatoms. The molecule has 2 aromatic rings. The van der Waals surface area contributed by atoms with Crippen molar-refractivity contribution in [3.63, 3.8) is 0 Å². The standard InChI is InChI=1S/C19H19ClO4/c1-12-3-4-13(9-17(12)20)16(11-15(22)7-8-21)14-5-6-18(23)19(10-14)24-2/h3-6,8-10,16,23H,7,11H2,1-2H3. The molecule has 0 aromatic heterocycles. The van der Waals surface area contributed by atoms with E-state index in [1.54, 1.807) is 12.1 Å². The first kappa shape index (κ1) is 18.0. The Kier molecular flexibility index (Phi) is 5.99. The summed E-state index contributed by atoms with van der Waals surface area (Å²) in [6.07, 6.45) is 0.663. The molecular weight excluding hydrogens is 328 g/mol. The fraction of sp³-hybridized carbons (Fsp3) is 0.263. The van der Waals surface area contributed by atoms with Gasteiger partial charge in [0, 0.05) is 17.4 Å². The Morgan fingerprint density at radius 3 is 2.54 bits per heavy atom. The van der Waals surface area contributed by atoms with Crippen LogP contribution in [-0.2, 0) is 9.59 Å². The van der Waals surface area contributed by atoms with Crippen LogP contribution < -0.4 is 4.74 Å². The highest BCUT2D eigenvalue weighted by Crippen LogP contribution is 2.36. The highest BCUT2D eigenvalue weighted by molar-refractivity contribution is 6.31. The number of carbonyl (C=O) groups is 2. The number of methoxy groups -OCH3 is 1. The average Bonchev–Trinajstić information content (AvgIpc) is 2.56. The SMILES string of the molecule is COc1cc(C(CC(=O)CC=O)c2ccc(C)c(Cl)c2)ccc1O. The van der Waals surface area contributed by atoms with E-state index in [1.165, 1.54) is 13.2 Å². The van der Waals surface area contributed by atoms with E-state index >= 15 is 0 Å². The number of aldehydes is 1. The van der Waals surface area contributed by atoms with Gasteiger partial charge in [-0.05, 0) is 41.8 Å². The van der Waals surface area contributed by atoms with Crippen LogP contribution in [-0.4, -0.2) is 24.3 Å². The van der Waals surface area contributed by atoms with Gasteiger partial charge in [-0.3, -0.25) is 4.79 Å². The molecule has 0 heterocycles. The minimum atomic E-state index is -0.273. The minimum Gasteiger partial charge on any atom is -0.504 e. The zero-order valence-electron chi connectivity index (χ0n) is 13.6. The number of Topliss-reactive ketones (excluding diaryl/α,β-unsaturated/α-hetero) is 1. The van der Waals surface area contributed by atoms with Gasteiger partial charge in [0.1, 0.15) is 12.1 Å². The number of ether oxygens (including phenoxy) is 1. The second kappa shape index (κ2) is 7.97. The zero-order chi connectivity index (χ0) is 17.7. The maximum absolute atomic E-state index is 12.0. The van der Waals surface area contributed by atoms with E-state index in [0.29, 0.717) is 17.1 Å². The summed E-state index contributed by atoms with van der Waals surface area (Å²) in [5.74, 6) is -0.0662. The predicted octanol–water partition coefficient (Wildman–Crippen LogP) is 4.04. The highest BCUT2D eigenvalue weighted by Gasteiger charge is 2.20. The number of halogens is 1. The molecule has 0 bridgehead atoms. The molecule has 0 saturated carbocycles. The Balaban J connectivity index is 2.47. The van der Waals surface area contributed by atoms with Crippen LogP contribution in [0.3, 0.4) is 0 Å². The van der Waals surface area contributed by atoms with Gasteiger partial charge < -0.3 is 14.6 Å². The zero-order valence-corrected chi connectivity index (χ0v) is 14.3. The van der Waals surface area contributed by atoms with Gasteiger partial charge in [0.15, 0.2) is 11.5 Å². The van der Waals surface area contributed by atoms with Crippen molar-refractivity contribution >= 4 is 23.7 Å². The van der Waals surface area contributed by atoms with E-state index in [-0.39, 0.29) is 30.3 Å². The van der Waals surface area contributed by atoms with Gasteiger partial charge in [0.25, 0.3) is 0 Å². The van der Waals surface area contributed by atoms with Crippen molar-refractivity contribution in [2.24, 2.45) is 0 Å².